The summed E-state index contributed by atoms with van der Waals surface area (Å²) in [6.07, 6.45) is 11.7. The number of fused-ring (bicyclic) bond motifs is 4. The second kappa shape index (κ2) is 14.3. The lowest BCUT2D eigenvalue weighted by Crippen LogP contribution is -2.51. The van der Waals surface area contributed by atoms with Gasteiger partial charge in [-0.1, -0.05) is 45.2 Å². The number of amides is 3. The smallest absolute Gasteiger partial charge is 0.257 e. The van der Waals surface area contributed by atoms with Crippen LogP contribution in [0.15, 0.2) is 42.9 Å². The van der Waals surface area contributed by atoms with Crippen molar-refractivity contribution in [1.82, 2.24) is 35.3 Å². The first kappa shape index (κ1) is 30.3. The van der Waals surface area contributed by atoms with Gasteiger partial charge < -0.3 is 24.8 Å². The molecule has 2 bridgehead atoms. The van der Waals surface area contributed by atoms with E-state index < -0.39 is 6.04 Å². The van der Waals surface area contributed by atoms with Crippen LogP contribution in [0.4, 0.5) is 0 Å². The van der Waals surface area contributed by atoms with E-state index in [1.807, 2.05) is 48.9 Å². The number of ether oxygens (including phenoxy) is 1. The molecule has 1 aliphatic carbocycles. The first-order valence-corrected chi connectivity index (χ1v) is 15.5. The van der Waals surface area contributed by atoms with Gasteiger partial charge in [0.15, 0.2) is 0 Å². The van der Waals surface area contributed by atoms with E-state index in [-0.39, 0.29) is 36.1 Å². The molecule has 43 heavy (non-hydrogen) atoms. The summed E-state index contributed by atoms with van der Waals surface area (Å²) in [5.74, 6) is 1.06. The van der Waals surface area contributed by atoms with Crippen LogP contribution in [0.3, 0.4) is 0 Å². The lowest BCUT2D eigenvalue weighted by atomic mass is 9.85. The largest absolute Gasteiger partial charge is 0.494 e. The fraction of sp³-hybridized carbons (Fsp3) is 0.531. The summed E-state index contributed by atoms with van der Waals surface area (Å²) in [4.78, 5) is 46.6. The molecule has 11 heteroatoms. The highest BCUT2D eigenvalue weighted by Gasteiger charge is 2.29. The normalized spacial score (nSPS) is 19.5. The molecule has 3 N–H and O–H groups in total. The van der Waals surface area contributed by atoms with Crippen LogP contribution in [0.25, 0.3) is 11.4 Å². The van der Waals surface area contributed by atoms with E-state index in [9.17, 15) is 14.4 Å². The molecule has 3 heterocycles. The van der Waals surface area contributed by atoms with Gasteiger partial charge in [0.1, 0.15) is 17.6 Å². The molecule has 1 aliphatic heterocycles. The molecular formula is C32H43N7O4. The molecule has 0 unspecified atom stereocenters. The standard InChI is InChI=1S/C32H43N7O4/c1-22(2)18-27-31(41)34-13-16-38-15-12-33-30(38)24-10-6-11-25(19-24)43-17-7-14-39(21-28(40)36-27)32(42)26-20-35-37-29(26)23-8-4-3-5-9-23/h6,10-12,15,19-20,22-23,27H,3-5,7-9,13-14,16-18,21H2,1-2H3,(H,34,41)(H,35,37)(H,36,40)/t27-/m1/s1. The lowest BCUT2D eigenvalue weighted by Gasteiger charge is -2.26. The lowest BCUT2D eigenvalue weighted by molar-refractivity contribution is -0.129. The molecule has 2 aliphatic rings. The number of nitrogens with zero attached hydrogens (tertiary/aromatic N) is 4. The Kier molecular flexibility index (Phi) is 10.1. The minimum absolute atomic E-state index is 0.163. The van der Waals surface area contributed by atoms with Crippen molar-refractivity contribution in [3.05, 3.63) is 54.1 Å². The van der Waals surface area contributed by atoms with E-state index in [0.717, 1.165) is 42.8 Å². The molecule has 230 valence electrons. The maximum absolute atomic E-state index is 13.9. The van der Waals surface area contributed by atoms with Crippen LogP contribution in [0.5, 0.6) is 5.75 Å². The zero-order valence-corrected chi connectivity index (χ0v) is 25.2. The molecular weight excluding hydrogens is 546 g/mol. The molecule has 2 aromatic heterocycles. The molecule has 11 nitrogen and oxygen atoms in total. The highest BCUT2D eigenvalue weighted by Crippen LogP contribution is 2.33. The van der Waals surface area contributed by atoms with Crippen molar-refractivity contribution in [2.45, 2.75) is 77.3 Å². The van der Waals surface area contributed by atoms with Gasteiger partial charge in [0, 0.05) is 43.5 Å². The van der Waals surface area contributed by atoms with Crippen LogP contribution < -0.4 is 15.4 Å². The molecule has 0 spiro atoms. The van der Waals surface area contributed by atoms with Crippen molar-refractivity contribution in [3.8, 4) is 17.1 Å². The summed E-state index contributed by atoms with van der Waals surface area (Å²) in [7, 11) is 0. The Morgan fingerprint density at radius 1 is 1.12 bits per heavy atom. The predicted molar refractivity (Wildman–Crippen MR) is 162 cm³/mol. The van der Waals surface area contributed by atoms with Crippen LogP contribution in [-0.2, 0) is 16.1 Å². The Morgan fingerprint density at radius 2 is 1.95 bits per heavy atom. The third kappa shape index (κ3) is 7.82. The number of aromatic amines is 1. The molecule has 1 fully saturated rings. The summed E-state index contributed by atoms with van der Waals surface area (Å²) in [5, 5.41) is 13.2. The van der Waals surface area contributed by atoms with Crippen LogP contribution in [0, 0.1) is 5.92 Å². The summed E-state index contributed by atoms with van der Waals surface area (Å²) >= 11 is 0. The minimum Gasteiger partial charge on any atom is -0.494 e. The third-order valence-electron chi connectivity index (χ3n) is 8.19. The van der Waals surface area contributed by atoms with Crippen molar-refractivity contribution in [2.24, 2.45) is 5.92 Å². The quantitative estimate of drug-likeness (QED) is 0.423. The second-order valence-corrected chi connectivity index (χ2v) is 12.0. The van der Waals surface area contributed by atoms with Gasteiger partial charge in [-0.25, -0.2) is 4.98 Å². The van der Waals surface area contributed by atoms with Gasteiger partial charge in [0.25, 0.3) is 5.91 Å². The van der Waals surface area contributed by atoms with Gasteiger partial charge in [0.05, 0.1) is 30.6 Å². The van der Waals surface area contributed by atoms with Gasteiger partial charge in [-0.15, -0.1) is 0 Å². The number of hydrogen-bond donors (Lipinski definition) is 3. The number of nitrogens with one attached hydrogen (secondary N) is 3. The maximum Gasteiger partial charge on any atom is 0.257 e. The topological polar surface area (TPSA) is 134 Å². The van der Waals surface area contributed by atoms with Crippen molar-refractivity contribution >= 4 is 17.7 Å². The fourth-order valence-electron chi connectivity index (χ4n) is 6.05. The summed E-state index contributed by atoms with van der Waals surface area (Å²) in [6.45, 7) is 5.43. The fourth-order valence-corrected chi connectivity index (χ4v) is 6.05. The SMILES string of the molecule is CC(C)C[C@H]1NC(=O)CN(C(=O)c2cn[nH]c2C2CCCCC2)CCCOc2cccc(c2)-c2nccn2CCNC1=O. The van der Waals surface area contributed by atoms with E-state index in [1.54, 1.807) is 17.3 Å². The Morgan fingerprint density at radius 3 is 2.77 bits per heavy atom. The number of imidazole rings is 1. The van der Waals surface area contributed by atoms with Crippen LogP contribution in [0.2, 0.25) is 0 Å². The molecule has 1 aromatic carbocycles. The van der Waals surface area contributed by atoms with Gasteiger partial charge in [-0.2, -0.15) is 5.10 Å². The van der Waals surface area contributed by atoms with Crippen LogP contribution in [0.1, 0.15) is 80.8 Å². The number of carbonyl (C=O) groups excluding carboxylic acids is 3. The molecule has 0 saturated heterocycles. The average molecular weight is 590 g/mol. The van der Waals surface area contributed by atoms with E-state index in [4.69, 9.17) is 4.74 Å². The molecule has 3 amide bonds. The van der Waals surface area contributed by atoms with Crippen LogP contribution >= 0.6 is 0 Å². The number of benzene rings is 1. The Bertz CT molecular complexity index is 1390. The van der Waals surface area contributed by atoms with E-state index in [1.165, 1.54) is 6.42 Å². The summed E-state index contributed by atoms with van der Waals surface area (Å²) in [6, 6.07) is 7.02. The zero-order chi connectivity index (χ0) is 30.2. The van der Waals surface area contributed by atoms with Crippen molar-refractivity contribution < 1.29 is 19.1 Å². The predicted octanol–water partition coefficient (Wildman–Crippen LogP) is 3.89. The van der Waals surface area contributed by atoms with Gasteiger partial charge in [0.2, 0.25) is 11.8 Å². The van der Waals surface area contributed by atoms with E-state index >= 15 is 0 Å². The number of rotatable bonds is 4. The zero-order valence-electron chi connectivity index (χ0n) is 25.2. The Balaban J connectivity index is 1.39. The highest BCUT2D eigenvalue weighted by molar-refractivity contribution is 5.98. The molecule has 1 atom stereocenters. The number of aromatic nitrogens is 4. The number of hydrogen-bond acceptors (Lipinski definition) is 6. The van der Waals surface area contributed by atoms with E-state index in [2.05, 4.69) is 25.8 Å². The average Bonchev–Trinajstić information content (AvgIpc) is 3.68. The number of H-pyrrole nitrogens is 1. The molecule has 1 saturated carbocycles. The monoisotopic (exact) mass is 589 g/mol. The molecule has 5 rings (SSSR count). The van der Waals surface area contributed by atoms with Gasteiger partial charge in [-0.3, -0.25) is 19.5 Å². The first-order chi connectivity index (χ1) is 20.9. The van der Waals surface area contributed by atoms with Crippen molar-refractivity contribution in [3.63, 3.8) is 0 Å². The maximum atomic E-state index is 13.9. The van der Waals surface area contributed by atoms with Crippen molar-refractivity contribution in [2.75, 3.05) is 26.2 Å². The minimum atomic E-state index is -0.711. The summed E-state index contributed by atoms with van der Waals surface area (Å²) in [5.41, 5.74) is 2.28. The van der Waals surface area contributed by atoms with Crippen molar-refractivity contribution in [1.29, 1.82) is 0 Å². The Labute approximate surface area is 252 Å². The van der Waals surface area contributed by atoms with Gasteiger partial charge >= 0.3 is 0 Å². The second-order valence-electron chi connectivity index (χ2n) is 12.0. The Hall–Kier alpha value is -4.15. The third-order valence-corrected chi connectivity index (χ3v) is 8.19. The number of carbonyl (C=O) groups is 3. The molecule has 0 radical (unpaired) electrons. The summed E-state index contributed by atoms with van der Waals surface area (Å²) < 4.78 is 8.06. The van der Waals surface area contributed by atoms with E-state index in [0.29, 0.717) is 50.4 Å². The van der Waals surface area contributed by atoms with Gasteiger partial charge in [-0.05, 0) is 43.7 Å². The first-order valence-electron chi connectivity index (χ1n) is 15.5. The van der Waals surface area contributed by atoms with Crippen LogP contribution in [-0.4, -0.2) is 74.7 Å². The molecule has 3 aromatic rings. The highest BCUT2D eigenvalue weighted by atomic mass is 16.5.